The first-order chi connectivity index (χ1) is 18.3. The number of hydrogen-bond donors (Lipinski definition) is 2. The Morgan fingerprint density at radius 3 is 1.68 bits per heavy atom. The second-order valence-electron chi connectivity index (χ2n) is 7.72. The minimum absolute atomic E-state index is 0. The van der Waals surface area contributed by atoms with Crippen LogP contribution in [-0.4, -0.2) is 36.0 Å². The minimum Gasteiger partial charge on any atom is -0.744 e. The zero-order chi connectivity index (χ0) is 28.5. The SMILES string of the molecule is Nc1c(N=Nc2ccc([N+](=O)[O-])cc2)c(S(=O)(=O)[O-])cc2cc(S(=O)(=O)[O-])c(N=Nc3ccccc3)c(O)c12.[CH3+].[CH3+]. The van der Waals surface area contributed by atoms with Crippen molar-refractivity contribution >= 4 is 65.1 Å². The van der Waals surface area contributed by atoms with Crippen LogP contribution in [0.5, 0.6) is 5.75 Å². The lowest BCUT2D eigenvalue weighted by molar-refractivity contribution is -0.384. The van der Waals surface area contributed by atoms with Gasteiger partial charge in [-0.1, -0.05) is 18.2 Å². The Morgan fingerprint density at radius 1 is 0.732 bits per heavy atom. The number of rotatable bonds is 7. The van der Waals surface area contributed by atoms with Crippen molar-refractivity contribution in [3.63, 3.8) is 0 Å². The van der Waals surface area contributed by atoms with Gasteiger partial charge in [0.05, 0.1) is 37.2 Å². The normalized spacial score (nSPS) is 11.9. The molecule has 0 atom stereocenters. The molecule has 0 unspecified atom stereocenters. The van der Waals surface area contributed by atoms with E-state index in [2.05, 4.69) is 20.5 Å². The van der Waals surface area contributed by atoms with E-state index in [1.165, 1.54) is 24.3 Å². The summed E-state index contributed by atoms with van der Waals surface area (Å²) in [6.07, 6.45) is 0. The van der Waals surface area contributed by atoms with Crippen LogP contribution in [0, 0.1) is 25.0 Å². The largest absolute Gasteiger partial charge is 0.744 e. The van der Waals surface area contributed by atoms with Crippen LogP contribution in [-0.2, 0) is 20.2 Å². The van der Waals surface area contributed by atoms with E-state index in [1.807, 2.05) is 0 Å². The fraction of sp³-hybridized carbons (Fsp3) is 0. The third-order valence-corrected chi connectivity index (χ3v) is 6.90. The molecule has 4 aromatic carbocycles. The summed E-state index contributed by atoms with van der Waals surface area (Å²) in [6.45, 7) is 0. The predicted molar refractivity (Wildman–Crippen MR) is 147 cm³/mol. The smallest absolute Gasteiger partial charge is 0.269 e. The molecule has 0 saturated carbocycles. The van der Waals surface area contributed by atoms with E-state index in [4.69, 9.17) is 5.73 Å². The van der Waals surface area contributed by atoms with Crippen molar-refractivity contribution in [2.45, 2.75) is 9.79 Å². The number of anilines is 1. The molecular formula is C24H20N6O9S2. The van der Waals surface area contributed by atoms with Crippen molar-refractivity contribution in [3.8, 4) is 5.75 Å². The van der Waals surface area contributed by atoms with Crippen LogP contribution in [0.1, 0.15) is 0 Å². The van der Waals surface area contributed by atoms with Gasteiger partial charge in [-0.15, -0.1) is 10.2 Å². The van der Waals surface area contributed by atoms with Crippen molar-refractivity contribution in [2.75, 3.05) is 5.73 Å². The molecule has 0 aliphatic carbocycles. The van der Waals surface area contributed by atoms with Crippen LogP contribution < -0.4 is 5.73 Å². The summed E-state index contributed by atoms with van der Waals surface area (Å²) in [6, 6.07) is 13.8. The third kappa shape index (κ3) is 6.73. The average Bonchev–Trinajstić information content (AvgIpc) is 2.86. The fourth-order valence-corrected chi connectivity index (χ4v) is 4.75. The number of nitrogens with zero attached hydrogens (tertiary/aromatic N) is 5. The van der Waals surface area contributed by atoms with E-state index in [1.54, 1.807) is 18.2 Å². The molecule has 0 aliphatic rings. The molecule has 0 saturated heterocycles. The fourth-order valence-electron chi connectivity index (χ4n) is 3.44. The lowest BCUT2D eigenvalue weighted by Gasteiger charge is -2.18. The Bertz CT molecular complexity index is 1890. The summed E-state index contributed by atoms with van der Waals surface area (Å²) >= 11 is 0. The maximum Gasteiger partial charge on any atom is 0.269 e. The highest BCUT2D eigenvalue weighted by Gasteiger charge is 2.24. The number of nitrogen functional groups attached to an aromatic ring is 1. The number of phenols is 1. The van der Waals surface area contributed by atoms with Gasteiger partial charge in [0.2, 0.25) is 0 Å². The van der Waals surface area contributed by atoms with E-state index >= 15 is 0 Å². The van der Waals surface area contributed by atoms with Gasteiger partial charge in [-0.3, -0.25) is 10.1 Å². The maximum absolute atomic E-state index is 12.0. The zero-order valence-corrected chi connectivity index (χ0v) is 22.8. The molecule has 0 bridgehead atoms. The molecule has 3 N–H and O–H groups in total. The molecule has 212 valence electrons. The van der Waals surface area contributed by atoms with Crippen molar-refractivity contribution < 1.29 is 36.0 Å². The summed E-state index contributed by atoms with van der Waals surface area (Å²) in [5.41, 5.74) is 3.96. The van der Waals surface area contributed by atoms with Crippen LogP contribution in [0.2, 0.25) is 0 Å². The molecule has 41 heavy (non-hydrogen) atoms. The quantitative estimate of drug-likeness (QED) is 0.0665. The highest BCUT2D eigenvalue weighted by atomic mass is 32.2. The van der Waals surface area contributed by atoms with Gasteiger partial charge in [0.25, 0.3) is 5.69 Å². The van der Waals surface area contributed by atoms with Crippen LogP contribution in [0.25, 0.3) is 10.8 Å². The summed E-state index contributed by atoms with van der Waals surface area (Å²) < 4.78 is 71.9. The van der Waals surface area contributed by atoms with Crippen molar-refractivity contribution in [2.24, 2.45) is 20.5 Å². The summed E-state index contributed by atoms with van der Waals surface area (Å²) in [7, 11) is -10.6. The van der Waals surface area contributed by atoms with Crippen LogP contribution in [0.4, 0.5) is 34.1 Å². The molecular weight excluding hydrogens is 580 g/mol. The third-order valence-electron chi connectivity index (χ3n) is 5.20. The highest BCUT2D eigenvalue weighted by Crippen LogP contribution is 2.48. The van der Waals surface area contributed by atoms with Gasteiger partial charge in [-0.2, -0.15) is 10.2 Å². The number of aromatic hydroxyl groups is 1. The maximum atomic E-state index is 12.0. The Kier molecular flexibility index (Phi) is 9.37. The van der Waals surface area contributed by atoms with Crippen molar-refractivity contribution in [3.05, 3.63) is 91.7 Å². The number of phenolic OH excluding ortho intramolecular Hbond substituents is 1. The van der Waals surface area contributed by atoms with E-state index in [9.17, 15) is 41.2 Å². The first-order valence-corrected chi connectivity index (χ1v) is 13.3. The van der Waals surface area contributed by atoms with Crippen molar-refractivity contribution in [1.82, 2.24) is 0 Å². The molecule has 15 nitrogen and oxygen atoms in total. The van der Waals surface area contributed by atoms with Gasteiger partial charge in [0, 0.05) is 27.0 Å². The Hall–Kier alpha value is -5.10. The monoisotopic (exact) mass is 600 g/mol. The van der Waals surface area contributed by atoms with Crippen molar-refractivity contribution in [1.29, 1.82) is 0 Å². The summed E-state index contributed by atoms with van der Waals surface area (Å²) in [5, 5.41) is 35.9. The highest BCUT2D eigenvalue weighted by molar-refractivity contribution is 7.86. The lowest BCUT2D eigenvalue weighted by atomic mass is 10.1. The molecule has 0 aliphatic heterocycles. The zero-order valence-electron chi connectivity index (χ0n) is 21.2. The average molecular weight is 601 g/mol. The number of benzene rings is 4. The second-order valence-corrected chi connectivity index (χ2v) is 10.4. The second kappa shape index (κ2) is 12.0. The molecule has 0 amide bonds. The van der Waals surface area contributed by atoms with Crippen LogP contribution in [0.3, 0.4) is 0 Å². The van der Waals surface area contributed by atoms with E-state index in [-0.39, 0.29) is 31.9 Å². The number of non-ortho nitro benzene ring substituents is 1. The van der Waals surface area contributed by atoms with Gasteiger partial charge in [-0.25, -0.2) is 16.8 Å². The Balaban J connectivity index is 0.00000294. The molecule has 0 spiro atoms. The first-order valence-electron chi connectivity index (χ1n) is 10.4. The number of fused-ring (bicyclic) bond motifs is 1. The van der Waals surface area contributed by atoms with Gasteiger partial charge in [0.1, 0.15) is 31.6 Å². The molecule has 0 aromatic heterocycles. The Morgan fingerprint density at radius 2 is 1.20 bits per heavy atom. The number of nitro benzene ring substituents is 1. The van der Waals surface area contributed by atoms with Gasteiger partial charge < -0.3 is 19.9 Å². The number of nitro groups is 1. The van der Waals surface area contributed by atoms with Gasteiger partial charge >= 0.3 is 0 Å². The number of nitrogens with two attached hydrogens (primary N) is 1. The predicted octanol–water partition coefficient (Wildman–Crippen LogP) is 5.58. The molecule has 0 heterocycles. The van der Waals surface area contributed by atoms with E-state index in [0.29, 0.717) is 12.1 Å². The first kappa shape index (κ1) is 32.1. The Labute approximate surface area is 234 Å². The summed E-state index contributed by atoms with van der Waals surface area (Å²) in [4.78, 5) is 8.08. The molecule has 17 heteroatoms. The standard InChI is InChI=1S/C22H16N6O9S2.2CH3/c23-19-18-12(11-17(39(35,36)37)21(22(18)29)27-24-13-4-2-1-3-5-13)10-16(38(32,33)34)20(19)26-25-14-6-8-15(9-7-14)28(30)31;;/h1-11,29H,23H2,(H,32,33,34)(H,35,36,37);2*1H3/q;2*+1/p-2. The minimum atomic E-state index is -5.31. The topological polar surface area (TPSA) is 253 Å². The van der Waals surface area contributed by atoms with Gasteiger partial charge in [-0.05, 0) is 41.8 Å². The van der Waals surface area contributed by atoms with Gasteiger partial charge in [0.15, 0.2) is 5.75 Å². The van der Waals surface area contributed by atoms with Crippen LogP contribution in [0.15, 0.2) is 97.0 Å². The molecule has 0 radical (unpaired) electrons. The summed E-state index contributed by atoms with van der Waals surface area (Å²) in [5.74, 6) is -0.958. The van der Waals surface area contributed by atoms with Crippen LogP contribution >= 0.6 is 0 Å². The molecule has 0 fully saturated rings. The molecule has 4 aromatic rings. The number of azo groups is 2. The lowest BCUT2D eigenvalue weighted by Crippen LogP contribution is -2.04. The number of hydrogen-bond acceptors (Lipinski definition) is 14. The van der Waals surface area contributed by atoms with E-state index in [0.717, 1.165) is 12.1 Å². The van der Waals surface area contributed by atoms with E-state index < -0.39 is 68.5 Å². The molecule has 4 rings (SSSR count).